The highest BCUT2D eigenvalue weighted by atomic mass is 32.5. The Kier molecular flexibility index (Phi) is 9.68. The molecule has 0 amide bonds. The quantitative estimate of drug-likeness (QED) is 0.0640. The van der Waals surface area contributed by atoms with E-state index < -0.39 is 69.7 Å². The van der Waals surface area contributed by atoms with Crippen LogP contribution >= 0.6 is 28.3 Å². The van der Waals surface area contributed by atoms with Gasteiger partial charge in [0.15, 0.2) is 28.9 Å². The van der Waals surface area contributed by atoms with E-state index in [0.29, 0.717) is 17.6 Å². The van der Waals surface area contributed by atoms with E-state index in [0.717, 1.165) is 0 Å². The Morgan fingerprint density at radius 3 is 2.65 bits per heavy atom. The van der Waals surface area contributed by atoms with Crippen LogP contribution in [-0.2, 0) is 43.6 Å². The maximum absolute atomic E-state index is 12.4. The smallest absolute Gasteiger partial charge is 0.327 e. The molecule has 2 aliphatic rings. The first-order valence-corrected chi connectivity index (χ1v) is 17.2. The van der Waals surface area contributed by atoms with Crippen LogP contribution in [0.1, 0.15) is 18.7 Å². The summed E-state index contributed by atoms with van der Waals surface area (Å²) >= 11 is 9.36. The van der Waals surface area contributed by atoms with Crippen LogP contribution in [0.4, 0.5) is 11.8 Å². The predicted octanol–water partition coefficient (Wildman–Crippen LogP) is 0.0301. The van der Waals surface area contributed by atoms with E-state index in [2.05, 4.69) is 42.8 Å². The molecule has 1 saturated heterocycles. The van der Waals surface area contributed by atoms with Gasteiger partial charge in [0.25, 0.3) is 5.56 Å². The van der Waals surface area contributed by atoms with Crippen LogP contribution in [0, 0.1) is 5.92 Å². The molecule has 5 heterocycles. The lowest BCUT2D eigenvalue weighted by atomic mass is 10.1. The molecule has 9 atom stereocenters. The molecule has 6 rings (SSSR count). The van der Waals surface area contributed by atoms with Crippen LogP contribution in [0.5, 0.6) is 0 Å². The second-order valence-electron chi connectivity index (χ2n) is 10.5. The van der Waals surface area contributed by atoms with Gasteiger partial charge in [-0.05, 0) is 31.1 Å². The number of H-pyrrole nitrogens is 1. The normalized spacial score (nSPS) is 29.7. The number of imidazole rings is 2. The summed E-state index contributed by atoms with van der Waals surface area (Å²) < 4.78 is 47.9. The molecule has 0 spiro atoms. The first-order valence-electron chi connectivity index (χ1n) is 13.5. The number of ether oxygens (including phenoxy) is 2. The standard InChI is InChI=1S/C22H28N10O10P2S2/c1-37-15-10(4-38-43-35)40-21(32-7-28-12-19(32)29-22(24)30-20(12)34)16(15)41-44(36,46)39-3-8-2-9(13(33)14(8)42-45)31-6-27-11-17(23)25-5-26-18(11)31/h5-10,13-16,21,33,45H,2-4H2,1H3,(H,36,46)(H2,23,25,26)(H3,24,29,30,34)/t8-,9-,10-,13+,14-,15-,16-,21-,44?/m1/s1. The van der Waals surface area contributed by atoms with Crippen molar-refractivity contribution in [2.75, 3.05) is 31.8 Å². The van der Waals surface area contributed by atoms with Crippen LogP contribution in [0.15, 0.2) is 23.8 Å². The number of aromatic amines is 1. The van der Waals surface area contributed by atoms with Crippen LogP contribution in [0.3, 0.4) is 0 Å². The topological polar surface area (TPSA) is 272 Å². The Balaban J connectivity index is 1.23. The second-order valence-corrected chi connectivity index (χ2v) is 13.9. The molecule has 46 heavy (non-hydrogen) atoms. The molecule has 248 valence electrons. The molecular weight excluding hydrogens is 690 g/mol. The average Bonchev–Trinajstić information content (AvgIpc) is 3.78. The molecule has 1 unspecified atom stereocenters. The summed E-state index contributed by atoms with van der Waals surface area (Å²) in [5.41, 5.74) is 11.9. The van der Waals surface area contributed by atoms with Gasteiger partial charge in [0.05, 0.1) is 31.9 Å². The third-order valence-corrected chi connectivity index (χ3v) is 9.94. The van der Waals surface area contributed by atoms with E-state index in [9.17, 15) is 19.4 Å². The summed E-state index contributed by atoms with van der Waals surface area (Å²) in [5.74, 6) is -0.498. The number of rotatable bonds is 12. The number of hydrogen-bond acceptors (Lipinski definition) is 18. The zero-order chi connectivity index (χ0) is 32.7. The Morgan fingerprint density at radius 2 is 1.91 bits per heavy atom. The zero-order valence-corrected chi connectivity index (χ0v) is 27.2. The highest BCUT2D eigenvalue weighted by Gasteiger charge is 2.51. The summed E-state index contributed by atoms with van der Waals surface area (Å²) in [4.78, 5) is 46.8. The molecule has 20 nitrogen and oxygen atoms in total. The van der Waals surface area contributed by atoms with Crippen molar-refractivity contribution in [1.82, 2.24) is 39.0 Å². The molecule has 1 aliphatic heterocycles. The molecule has 0 bridgehead atoms. The molecule has 0 radical (unpaired) electrons. The number of thiol groups is 1. The molecule has 1 saturated carbocycles. The number of hydrogen-bond donors (Lipinski definition) is 6. The van der Waals surface area contributed by atoms with E-state index >= 15 is 0 Å². The number of methoxy groups -OCH3 is 1. The number of nitrogens with two attached hydrogens (primary N) is 2. The third kappa shape index (κ3) is 6.16. The van der Waals surface area contributed by atoms with E-state index in [1.165, 1.54) is 30.7 Å². The van der Waals surface area contributed by atoms with Gasteiger partial charge in [-0.1, -0.05) is 0 Å². The zero-order valence-electron chi connectivity index (χ0n) is 23.7. The number of aliphatic hydroxyl groups is 1. The Bertz CT molecular complexity index is 1850. The van der Waals surface area contributed by atoms with Gasteiger partial charge in [-0.3, -0.25) is 23.4 Å². The molecule has 4 aromatic heterocycles. The van der Waals surface area contributed by atoms with Crippen molar-refractivity contribution in [2.24, 2.45) is 5.92 Å². The van der Waals surface area contributed by atoms with Crippen molar-refractivity contribution >= 4 is 74.2 Å². The fourth-order valence-electron chi connectivity index (χ4n) is 5.85. The van der Waals surface area contributed by atoms with Gasteiger partial charge in [0, 0.05) is 13.0 Å². The summed E-state index contributed by atoms with van der Waals surface area (Å²) in [6.45, 7) is -4.49. The van der Waals surface area contributed by atoms with Crippen molar-refractivity contribution in [3.8, 4) is 0 Å². The predicted molar refractivity (Wildman–Crippen MR) is 165 cm³/mol. The fraction of sp³-hybridized carbons (Fsp3) is 0.545. The van der Waals surface area contributed by atoms with Crippen molar-refractivity contribution < 1.29 is 41.8 Å². The van der Waals surface area contributed by atoms with Crippen molar-refractivity contribution in [3.05, 3.63) is 29.3 Å². The van der Waals surface area contributed by atoms with Crippen molar-refractivity contribution in [3.63, 3.8) is 0 Å². The molecule has 4 aromatic rings. The number of fused-ring (bicyclic) bond motifs is 2. The Labute approximate surface area is 270 Å². The van der Waals surface area contributed by atoms with Gasteiger partial charge >= 0.3 is 15.4 Å². The number of aliphatic hydroxyl groups excluding tert-OH is 1. The first kappa shape index (κ1) is 33.2. The van der Waals surface area contributed by atoms with Crippen LogP contribution in [0.2, 0.25) is 0 Å². The largest absolute Gasteiger partial charge is 0.388 e. The van der Waals surface area contributed by atoms with Crippen LogP contribution < -0.4 is 17.0 Å². The van der Waals surface area contributed by atoms with Gasteiger partial charge in [-0.15, -0.1) is 0 Å². The lowest BCUT2D eigenvalue weighted by Crippen LogP contribution is -2.37. The number of nitrogen functional groups attached to an aromatic ring is 2. The minimum absolute atomic E-state index is 0.0325. The van der Waals surface area contributed by atoms with Crippen molar-refractivity contribution in [2.45, 2.75) is 49.2 Å². The third-order valence-electron chi connectivity index (χ3n) is 7.89. The van der Waals surface area contributed by atoms with E-state index in [1.54, 1.807) is 4.57 Å². The average molecular weight is 719 g/mol. The summed E-state index contributed by atoms with van der Waals surface area (Å²) in [6.07, 6.45) is -1.64. The van der Waals surface area contributed by atoms with Crippen LogP contribution in [-0.4, -0.2) is 99.9 Å². The maximum atomic E-state index is 12.4. The van der Waals surface area contributed by atoms with E-state index in [4.69, 9.17) is 50.5 Å². The number of nitrogens with zero attached hydrogens (tertiary/aromatic N) is 7. The molecule has 1 aliphatic carbocycles. The highest BCUT2D eigenvalue weighted by molar-refractivity contribution is 8.07. The lowest BCUT2D eigenvalue weighted by Gasteiger charge is -2.28. The van der Waals surface area contributed by atoms with Gasteiger partial charge in [-0.2, -0.15) is 4.98 Å². The van der Waals surface area contributed by atoms with Crippen LogP contribution in [0.25, 0.3) is 22.3 Å². The number of anilines is 2. The lowest BCUT2D eigenvalue weighted by molar-refractivity contribution is -0.0473. The first-order chi connectivity index (χ1) is 22.1. The fourth-order valence-corrected chi connectivity index (χ4v) is 7.81. The Morgan fingerprint density at radius 1 is 1.15 bits per heavy atom. The maximum Gasteiger partial charge on any atom is 0.327 e. The van der Waals surface area contributed by atoms with E-state index in [-0.39, 0.29) is 36.1 Å². The van der Waals surface area contributed by atoms with Crippen molar-refractivity contribution in [1.29, 1.82) is 0 Å². The monoisotopic (exact) mass is 718 g/mol. The number of aromatic nitrogens is 8. The second kappa shape index (κ2) is 13.4. The van der Waals surface area contributed by atoms with Gasteiger partial charge < -0.3 is 44.2 Å². The molecule has 24 heteroatoms. The Hall–Kier alpha value is -2.72. The summed E-state index contributed by atoms with van der Waals surface area (Å²) in [7, 11) is 0.771. The highest BCUT2D eigenvalue weighted by Crippen LogP contribution is 2.51. The van der Waals surface area contributed by atoms with Gasteiger partial charge in [-0.25, -0.2) is 24.5 Å². The molecule has 0 aromatic carbocycles. The van der Waals surface area contributed by atoms with Gasteiger partial charge in [0.1, 0.15) is 42.4 Å². The van der Waals surface area contributed by atoms with E-state index in [1.807, 2.05) is 0 Å². The summed E-state index contributed by atoms with van der Waals surface area (Å²) in [6, 6.07) is -0.563. The summed E-state index contributed by atoms with van der Waals surface area (Å²) in [5, 5.41) is 11.1. The number of nitrogens with one attached hydrogen (secondary N) is 1. The molecule has 2 fully saturated rings. The minimum atomic E-state index is -4.09. The SMILES string of the molecule is CO[C@H]1[C@@H](OP(O)(=S)OC[C@H]2C[C@@H](n3cnc4c(N)ncnc43)[C@H](O)[C@@H]2OS)[C@H](n2cnc3c(=O)[nH]c(N)nc32)O[C@@H]1COP=O. The molecular formula is C22H28N10O10P2S2. The van der Waals surface area contributed by atoms with Gasteiger partial charge in [0.2, 0.25) is 5.95 Å². The minimum Gasteiger partial charge on any atom is -0.388 e. The molecule has 7 N–H and O–H groups in total.